The molecule has 0 saturated heterocycles. The highest BCUT2D eigenvalue weighted by molar-refractivity contribution is 5.92. The lowest BCUT2D eigenvalue weighted by molar-refractivity contribution is 0.0946. The third-order valence-electron chi connectivity index (χ3n) is 3.30. The van der Waals surface area contributed by atoms with Gasteiger partial charge in [-0.25, -0.2) is 13.8 Å². The van der Waals surface area contributed by atoms with Crippen LogP contribution >= 0.6 is 0 Å². The Morgan fingerprint density at radius 3 is 2.86 bits per heavy atom. The molecule has 4 nitrogen and oxygen atoms in total. The summed E-state index contributed by atoms with van der Waals surface area (Å²) in [5, 5.41) is 2.57. The predicted molar refractivity (Wildman–Crippen MR) is 77.5 cm³/mol. The van der Waals surface area contributed by atoms with Gasteiger partial charge in [0, 0.05) is 30.6 Å². The van der Waals surface area contributed by atoms with E-state index in [2.05, 4.69) is 10.3 Å². The lowest BCUT2D eigenvalue weighted by Crippen LogP contribution is -2.23. The number of amides is 1. The van der Waals surface area contributed by atoms with Crippen LogP contribution in [0.5, 0.6) is 0 Å². The van der Waals surface area contributed by atoms with Crippen molar-refractivity contribution in [3.63, 3.8) is 0 Å². The van der Waals surface area contributed by atoms with Gasteiger partial charge in [0.15, 0.2) is 0 Å². The second kappa shape index (κ2) is 5.55. The van der Waals surface area contributed by atoms with Gasteiger partial charge < -0.3 is 9.72 Å². The van der Waals surface area contributed by atoms with E-state index in [0.29, 0.717) is 5.65 Å². The molecule has 22 heavy (non-hydrogen) atoms. The molecule has 0 aliphatic heterocycles. The molecule has 1 N–H and O–H groups in total. The van der Waals surface area contributed by atoms with Crippen molar-refractivity contribution < 1.29 is 13.6 Å². The van der Waals surface area contributed by atoms with E-state index < -0.39 is 17.5 Å². The van der Waals surface area contributed by atoms with Crippen molar-refractivity contribution >= 4 is 11.6 Å². The van der Waals surface area contributed by atoms with E-state index in [1.165, 1.54) is 6.07 Å². The quantitative estimate of drug-likeness (QED) is 0.808. The minimum Gasteiger partial charge on any atom is -0.346 e. The van der Waals surface area contributed by atoms with Crippen molar-refractivity contribution in [1.82, 2.24) is 14.7 Å². The van der Waals surface area contributed by atoms with Crippen LogP contribution in [0.1, 0.15) is 21.6 Å². The molecule has 3 rings (SSSR count). The fourth-order valence-electron chi connectivity index (χ4n) is 2.12. The molecule has 0 fully saturated rings. The zero-order valence-corrected chi connectivity index (χ0v) is 11.8. The Morgan fingerprint density at radius 1 is 1.27 bits per heavy atom. The van der Waals surface area contributed by atoms with Crippen LogP contribution in [0.25, 0.3) is 5.65 Å². The molecule has 3 aromatic rings. The fourth-order valence-corrected chi connectivity index (χ4v) is 2.12. The van der Waals surface area contributed by atoms with Gasteiger partial charge in [0.25, 0.3) is 5.91 Å². The van der Waals surface area contributed by atoms with E-state index in [4.69, 9.17) is 0 Å². The van der Waals surface area contributed by atoms with Gasteiger partial charge in [0.05, 0.1) is 0 Å². The zero-order chi connectivity index (χ0) is 15.7. The van der Waals surface area contributed by atoms with Gasteiger partial charge in [-0.1, -0.05) is 6.07 Å². The number of aromatic nitrogens is 2. The summed E-state index contributed by atoms with van der Waals surface area (Å²) in [6.45, 7) is 1.91. The molecule has 0 aliphatic carbocycles. The van der Waals surface area contributed by atoms with Crippen molar-refractivity contribution in [3.05, 3.63) is 71.2 Å². The molecule has 6 heteroatoms. The fraction of sp³-hybridized carbons (Fsp3) is 0.125. The van der Waals surface area contributed by atoms with E-state index in [-0.39, 0.29) is 17.8 Å². The summed E-state index contributed by atoms with van der Waals surface area (Å²) in [5.41, 5.74) is 2.17. The Labute approximate surface area is 125 Å². The molecule has 1 aromatic carbocycles. The van der Waals surface area contributed by atoms with Crippen molar-refractivity contribution in [3.8, 4) is 0 Å². The summed E-state index contributed by atoms with van der Waals surface area (Å²) in [6, 6.07) is 7.01. The summed E-state index contributed by atoms with van der Waals surface area (Å²) in [4.78, 5) is 16.3. The number of fused-ring (bicyclic) bond motifs is 1. The van der Waals surface area contributed by atoms with Gasteiger partial charge in [0.2, 0.25) is 0 Å². The molecule has 0 aliphatic rings. The van der Waals surface area contributed by atoms with Crippen molar-refractivity contribution in [2.24, 2.45) is 0 Å². The lowest BCUT2D eigenvalue weighted by Gasteiger charge is -2.04. The highest BCUT2D eigenvalue weighted by atomic mass is 19.1. The second-order valence-corrected chi connectivity index (χ2v) is 5.01. The minimum atomic E-state index is -0.689. The molecular formula is C16H13F2N3O. The number of hydrogen-bond donors (Lipinski definition) is 1. The van der Waals surface area contributed by atoms with Gasteiger partial charge in [-0.2, -0.15) is 0 Å². The van der Waals surface area contributed by atoms with Gasteiger partial charge >= 0.3 is 0 Å². The first-order valence-corrected chi connectivity index (χ1v) is 6.70. The Morgan fingerprint density at radius 2 is 2.09 bits per heavy atom. The summed E-state index contributed by atoms with van der Waals surface area (Å²) in [5.74, 6) is -1.75. The van der Waals surface area contributed by atoms with Crippen LogP contribution in [-0.4, -0.2) is 15.3 Å². The van der Waals surface area contributed by atoms with Gasteiger partial charge in [-0.15, -0.1) is 0 Å². The molecule has 0 atom stereocenters. The first-order chi connectivity index (χ1) is 10.5. The average Bonchev–Trinajstić information content (AvgIpc) is 2.89. The SMILES string of the molecule is Cc1ccn2cc(C(=O)NCc3ccc(F)cc3F)nc2c1. The first-order valence-electron chi connectivity index (χ1n) is 6.70. The number of benzene rings is 1. The molecule has 0 bridgehead atoms. The summed E-state index contributed by atoms with van der Waals surface area (Å²) in [7, 11) is 0. The molecular weight excluding hydrogens is 288 g/mol. The molecule has 0 saturated carbocycles. The summed E-state index contributed by atoms with van der Waals surface area (Å²) >= 11 is 0. The van der Waals surface area contributed by atoms with Crippen LogP contribution in [0.2, 0.25) is 0 Å². The Balaban J connectivity index is 1.75. The van der Waals surface area contributed by atoms with Crippen molar-refractivity contribution in [1.29, 1.82) is 0 Å². The number of nitrogens with zero attached hydrogens (tertiary/aromatic N) is 2. The van der Waals surface area contributed by atoms with Gasteiger partial charge in [-0.3, -0.25) is 4.79 Å². The van der Waals surface area contributed by atoms with Crippen LogP contribution in [0, 0.1) is 18.6 Å². The van der Waals surface area contributed by atoms with Crippen molar-refractivity contribution in [2.45, 2.75) is 13.5 Å². The standard InChI is InChI=1S/C16H13F2N3O/c1-10-4-5-21-9-14(20-15(21)6-10)16(22)19-8-11-2-3-12(17)7-13(11)18/h2-7,9H,8H2,1H3,(H,19,22). The maximum atomic E-state index is 13.5. The molecule has 0 spiro atoms. The van der Waals surface area contributed by atoms with Gasteiger partial charge in [-0.05, 0) is 30.7 Å². The number of nitrogens with one attached hydrogen (secondary N) is 1. The Kier molecular flexibility index (Phi) is 3.58. The van der Waals surface area contributed by atoms with E-state index in [1.807, 2.05) is 25.3 Å². The number of hydrogen-bond acceptors (Lipinski definition) is 2. The maximum absolute atomic E-state index is 13.5. The number of imidazole rings is 1. The van der Waals surface area contributed by atoms with Crippen LogP contribution in [-0.2, 0) is 6.54 Å². The summed E-state index contributed by atoms with van der Waals surface area (Å²) < 4.78 is 28.1. The number of halogens is 2. The molecule has 112 valence electrons. The second-order valence-electron chi connectivity index (χ2n) is 5.01. The van der Waals surface area contributed by atoms with E-state index in [1.54, 1.807) is 10.6 Å². The maximum Gasteiger partial charge on any atom is 0.271 e. The third-order valence-corrected chi connectivity index (χ3v) is 3.30. The first kappa shape index (κ1) is 14.2. The molecule has 2 heterocycles. The minimum absolute atomic E-state index is 0.0299. The van der Waals surface area contributed by atoms with E-state index in [0.717, 1.165) is 17.7 Å². The molecule has 0 unspecified atom stereocenters. The lowest BCUT2D eigenvalue weighted by atomic mass is 10.2. The largest absolute Gasteiger partial charge is 0.346 e. The topological polar surface area (TPSA) is 46.4 Å². The molecule has 1 amide bonds. The van der Waals surface area contributed by atoms with Crippen molar-refractivity contribution in [2.75, 3.05) is 0 Å². The number of carbonyl (C=O) groups excluding carboxylic acids is 1. The number of carbonyl (C=O) groups is 1. The summed E-state index contributed by atoms with van der Waals surface area (Å²) in [6.07, 6.45) is 3.42. The number of aryl methyl sites for hydroxylation is 1. The average molecular weight is 301 g/mol. The highest BCUT2D eigenvalue weighted by Gasteiger charge is 2.12. The Bertz CT molecular complexity index is 858. The molecule has 0 radical (unpaired) electrons. The van der Waals surface area contributed by atoms with Crippen LogP contribution in [0.3, 0.4) is 0 Å². The van der Waals surface area contributed by atoms with Gasteiger partial charge in [0.1, 0.15) is 23.0 Å². The zero-order valence-electron chi connectivity index (χ0n) is 11.8. The highest BCUT2D eigenvalue weighted by Crippen LogP contribution is 2.10. The normalized spacial score (nSPS) is 10.9. The smallest absolute Gasteiger partial charge is 0.271 e. The number of rotatable bonds is 3. The third kappa shape index (κ3) is 2.81. The van der Waals surface area contributed by atoms with Crippen LogP contribution in [0.4, 0.5) is 8.78 Å². The monoisotopic (exact) mass is 301 g/mol. The predicted octanol–water partition coefficient (Wildman–Crippen LogP) is 2.85. The Hall–Kier alpha value is -2.76. The number of pyridine rings is 1. The van der Waals surface area contributed by atoms with E-state index >= 15 is 0 Å². The van der Waals surface area contributed by atoms with E-state index in [9.17, 15) is 13.6 Å². The molecule has 2 aromatic heterocycles. The van der Waals surface area contributed by atoms with Crippen LogP contribution in [0.15, 0.2) is 42.7 Å². The van der Waals surface area contributed by atoms with Crippen LogP contribution < -0.4 is 5.32 Å².